The molecule has 0 radical (unpaired) electrons. The lowest BCUT2D eigenvalue weighted by atomic mass is 9.55. The summed E-state index contributed by atoms with van der Waals surface area (Å²) in [4.78, 5) is 0. The molecule has 1 N–H and O–H groups in total. The summed E-state index contributed by atoms with van der Waals surface area (Å²) in [7, 11) is 0. The van der Waals surface area contributed by atoms with E-state index in [0.717, 1.165) is 25.7 Å². The van der Waals surface area contributed by atoms with E-state index in [4.69, 9.17) is 0 Å². The molecular weight excluding hydrogens is 250 g/mol. The Bertz CT molecular complexity index is 540. The van der Waals surface area contributed by atoms with E-state index in [2.05, 4.69) is 6.92 Å². The Labute approximate surface area is 120 Å². The second kappa shape index (κ2) is 4.30. The third-order valence-corrected chi connectivity index (χ3v) is 6.64. The van der Waals surface area contributed by atoms with Crippen molar-refractivity contribution >= 4 is 0 Å². The Kier molecular flexibility index (Phi) is 2.76. The molecule has 108 valence electrons. The summed E-state index contributed by atoms with van der Waals surface area (Å²) < 4.78 is 13.4. The van der Waals surface area contributed by atoms with Gasteiger partial charge in [-0.2, -0.15) is 0 Å². The van der Waals surface area contributed by atoms with Crippen LogP contribution in [0.15, 0.2) is 18.2 Å². The van der Waals surface area contributed by atoms with Gasteiger partial charge in [0.1, 0.15) is 5.82 Å². The number of hydrogen-bond acceptors (Lipinski definition) is 1. The van der Waals surface area contributed by atoms with Crippen molar-refractivity contribution in [2.45, 2.75) is 57.5 Å². The zero-order valence-electron chi connectivity index (χ0n) is 12.1. The molecule has 3 aliphatic carbocycles. The number of rotatable bonds is 0. The van der Waals surface area contributed by atoms with Crippen LogP contribution in [0, 0.1) is 23.1 Å². The lowest BCUT2D eigenvalue weighted by Crippen LogP contribution is -2.43. The molecule has 4 rings (SSSR count). The molecule has 1 aromatic rings. The highest BCUT2D eigenvalue weighted by Gasteiger charge is 2.54. The molecule has 5 atom stereocenters. The van der Waals surface area contributed by atoms with Crippen LogP contribution in [0.2, 0.25) is 0 Å². The predicted octanol–water partition coefficient (Wildman–Crippen LogP) is 4.04. The molecule has 20 heavy (non-hydrogen) atoms. The van der Waals surface area contributed by atoms with Crippen molar-refractivity contribution in [1.29, 1.82) is 0 Å². The van der Waals surface area contributed by atoms with E-state index in [1.807, 2.05) is 6.07 Å². The monoisotopic (exact) mass is 273 g/mol. The number of hydrogen-bond donors (Lipinski definition) is 1. The maximum Gasteiger partial charge on any atom is 0.123 e. The van der Waals surface area contributed by atoms with E-state index in [9.17, 15) is 9.50 Å². The molecule has 0 aromatic heterocycles. The Morgan fingerprint density at radius 3 is 2.90 bits per heavy atom. The minimum atomic E-state index is -0.108. The lowest BCUT2D eigenvalue weighted by molar-refractivity contribution is -0.0226. The van der Waals surface area contributed by atoms with E-state index >= 15 is 0 Å². The van der Waals surface area contributed by atoms with Crippen LogP contribution in [0.1, 0.15) is 56.1 Å². The van der Waals surface area contributed by atoms with E-state index in [1.165, 1.54) is 24.0 Å². The summed E-state index contributed by atoms with van der Waals surface area (Å²) >= 11 is 0. The third kappa shape index (κ3) is 1.64. The van der Waals surface area contributed by atoms with Crippen molar-refractivity contribution in [3.05, 3.63) is 35.1 Å². The molecule has 2 heteroatoms. The predicted molar refractivity (Wildman–Crippen MR) is 77.0 cm³/mol. The van der Waals surface area contributed by atoms with Gasteiger partial charge in [0.2, 0.25) is 0 Å². The first kappa shape index (κ1) is 12.8. The Hall–Kier alpha value is -0.890. The van der Waals surface area contributed by atoms with Crippen LogP contribution in [0.25, 0.3) is 0 Å². The third-order valence-electron chi connectivity index (χ3n) is 6.64. The summed E-state index contributed by atoms with van der Waals surface area (Å²) in [6, 6.07) is 5.39. The quantitative estimate of drug-likeness (QED) is 0.756. The van der Waals surface area contributed by atoms with Crippen LogP contribution in [-0.2, 0) is 6.42 Å². The van der Waals surface area contributed by atoms with Gasteiger partial charge in [0.25, 0.3) is 0 Å². The molecule has 3 aliphatic rings. The lowest BCUT2D eigenvalue weighted by Gasteiger charge is -2.50. The minimum absolute atomic E-state index is 0.0980. The van der Waals surface area contributed by atoms with Crippen molar-refractivity contribution in [2.75, 3.05) is 0 Å². The number of halogens is 1. The second-order valence-corrected chi connectivity index (χ2v) is 7.40. The average Bonchev–Trinajstić information content (AvgIpc) is 2.74. The Balaban J connectivity index is 1.71. The zero-order chi connectivity index (χ0) is 13.9. The number of aliphatic hydroxyl groups is 1. The summed E-state index contributed by atoms with van der Waals surface area (Å²) in [5.41, 5.74) is 2.76. The number of aliphatic hydroxyl groups excluding tert-OH is 1. The van der Waals surface area contributed by atoms with Gasteiger partial charge in [-0.3, -0.25) is 0 Å². The van der Waals surface area contributed by atoms with Gasteiger partial charge in [0.05, 0.1) is 6.10 Å². The normalized spacial score (nSPS) is 42.8. The molecular formula is C18H23FO. The first-order chi connectivity index (χ1) is 9.59. The molecule has 2 saturated carbocycles. The molecule has 1 nitrogen and oxygen atoms in total. The first-order valence-corrected chi connectivity index (χ1v) is 8.06. The van der Waals surface area contributed by atoms with Gasteiger partial charge in [-0.25, -0.2) is 4.39 Å². The molecule has 0 bridgehead atoms. The molecule has 0 saturated heterocycles. The fourth-order valence-corrected chi connectivity index (χ4v) is 5.52. The highest BCUT2D eigenvalue weighted by Crippen LogP contribution is 2.60. The van der Waals surface area contributed by atoms with Crippen molar-refractivity contribution in [1.82, 2.24) is 0 Å². The summed E-state index contributed by atoms with van der Waals surface area (Å²) in [5, 5.41) is 10.4. The standard InChI is InChI=1S/C18H23FO/c1-18-9-8-14-13-5-3-12(19)10-11(13)2-4-15(14)16(18)6-7-17(18)20/h3,5,10,14-17,20H,2,4,6-9H2,1H3/t14-,15-,16+,17+,18+/m1/s1/i19-1. The Morgan fingerprint density at radius 2 is 2.05 bits per heavy atom. The van der Waals surface area contributed by atoms with Crippen molar-refractivity contribution < 1.29 is 9.50 Å². The van der Waals surface area contributed by atoms with Crippen LogP contribution in [-0.4, -0.2) is 11.2 Å². The maximum absolute atomic E-state index is 13.4. The smallest absolute Gasteiger partial charge is 0.123 e. The Morgan fingerprint density at radius 1 is 1.20 bits per heavy atom. The zero-order valence-corrected chi connectivity index (χ0v) is 12.1. The molecule has 0 spiro atoms. The van der Waals surface area contributed by atoms with Gasteiger partial charge < -0.3 is 5.11 Å². The molecule has 0 unspecified atom stereocenters. The topological polar surface area (TPSA) is 20.2 Å². The highest BCUT2D eigenvalue weighted by molar-refractivity contribution is 5.35. The maximum atomic E-state index is 13.4. The molecule has 1 aromatic carbocycles. The van der Waals surface area contributed by atoms with E-state index in [0.29, 0.717) is 17.8 Å². The van der Waals surface area contributed by atoms with Crippen molar-refractivity contribution in [3.63, 3.8) is 0 Å². The van der Waals surface area contributed by atoms with Crippen molar-refractivity contribution in [3.8, 4) is 0 Å². The summed E-state index contributed by atoms with van der Waals surface area (Å²) in [6.45, 7) is 2.30. The molecule has 0 heterocycles. The van der Waals surface area contributed by atoms with Gasteiger partial charge in [-0.05, 0) is 85.0 Å². The van der Waals surface area contributed by atoms with Crippen LogP contribution in [0.3, 0.4) is 0 Å². The summed E-state index contributed by atoms with van der Waals surface area (Å²) in [5.74, 6) is 1.86. The fraction of sp³-hybridized carbons (Fsp3) is 0.667. The first-order valence-electron chi connectivity index (χ1n) is 8.06. The van der Waals surface area contributed by atoms with E-state index in [-0.39, 0.29) is 17.3 Å². The van der Waals surface area contributed by atoms with Crippen molar-refractivity contribution in [2.24, 2.45) is 17.3 Å². The highest BCUT2D eigenvalue weighted by atomic mass is 18.2. The molecule has 0 amide bonds. The van der Waals surface area contributed by atoms with Gasteiger partial charge in [0.15, 0.2) is 0 Å². The molecule has 0 aliphatic heterocycles. The van der Waals surface area contributed by atoms with Crippen LogP contribution in [0.5, 0.6) is 0 Å². The van der Waals surface area contributed by atoms with Gasteiger partial charge in [-0.15, -0.1) is 0 Å². The SMILES string of the molecule is C[C@]12CC[C@@H]3c4ccc([18F])cc4CC[C@H]3[C@@H]1CC[C@@H]2O. The van der Waals surface area contributed by atoms with Crippen LogP contribution >= 0.6 is 0 Å². The summed E-state index contributed by atoms with van der Waals surface area (Å²) in [6.07, 6.45) is 6.51. The number of benzene rings is 1. The number of aryl methyl sites for hydroxylation is 1. The van der Waals surface area contributed by atoms with Crippen LogP contribution < -0.4 is 0 Å². The fourth-order valence-electron chi connectivity index (χ4n) is 5.52. The second-order valence-electron chi connectivity index (χ2n) is 7.40. The number of fused-ring (bicyclic) bond motifs is 5. The minimum Gasteiger partial charge on any atom is -0.393 e. The largest absolute Gasteiger partial charge is 0.393 e. The van der Waals surface area contributed by atoms with Gasteiger partial charge >= 0.3 is 0 Å². The average molecular weight is 273 g/mol. The van der Waals surface area contributed by atoms with Gasteiger partial charge in [0, 0.05) is 0 Å². The molecule has 2 fully saturated rings. The van der Waals surface area contributed by atoms with Crippen LogP contribution in [0.4, 0.5) is 4.39 Å². The van der Waals surface area contributed by atoms with Gasteiger partial charge in [-0.1, -0.05) is 13.0 Å². The van der Waals surface area contributed by atoms with E-state index in [1.54, 1.807) is 12.1 Å². The van der Waals surface area contributed by atoms with E-state index < -0.39 is 0 Å².